The average molecular weight is 463 g/mol. The van der Waals surface area contributed by atoms with Crippen LogP contribution in [0, 0.1) is 0 Å². The zero-order valence-electron chi connectivity index (χ0n) is 17.8. The van der Waals surface area contributed by atoms with Gasteiger partial charge in [0.05, 0.1) is 27.5 Å². The molecule has 5 heteroatoms. The number of halogens is 2. The van der Waals surface area contributed by atoms with Gasteiger partial charge in [0.1, 0.15) is 0 Å². The van der Waals surface area contributed by atoms with Crippen molar-refractivity contribution in [3.05, 3.63) is 105 Å². The zero-order chi connectivity index (χ0) is 22.2. The van der Waals surface area contributed by atoms with Crippen molar-refractivity contribution in [3.8, 4) is 0 Å². The molecule has 0 amide bonds. The average Bonchev–Trinajstić information content (AvgIpc) is 2.98. The van der Waals surface area contributed by atoms with E-state index in [-0.39, 0.29) is 17.7 Å². The monoisotopic (exact) mass is 462 g/mol. The van der Waals surface area contributed by atoms with E-state index < -0.39 is 0 Å². The number of allylic oxidation sites excluding steroid dienone is 1. The van der Waals surface area contributed by atoms with Gasteiger partial charge in [-0.3, -0.25) is 4.79 Å². The number of hydrogen-bond donors (Lipinski definition) is 2. The number of carbonyl (C=O) groups excluding carboxylic acids is 1. The molecule has 1 aliphatic carbocycles. The molecule has 0 bridgehead atoms. The van der Waals surface area contributed by atoms with Crippen LogP contribution in [0.5, 0.6) is 0 Å². The van der Waals surface area contributed by atoms with Gasteiger partial charge in [-0.15, -0.1) is 0 Å². The second-order valence-electron chi connectivity index (χ2n) is 8.44. The highest BCUT2D eigenvalue weighted by molar-refractivity contribution is 6.42. The van der Waals surface area contributed by atoms with Gasteiger partial charge in [0.15, 0.2) is 5.78 Å². The summed E-state index contributed by atoms with van der Waals surface area (Å²) in [4.78, 5) is 13.6. The maximum absolute atomic E-state index is 13.6. The Labute approximate surface area is 198 Å². The molecule has 0 fully saturated rings. The maximum atomic E-state index is 13.6. The number of rotatable bonds is 3. The Bertz CT molecular complexity index is 1220. The first kappa shape index (κ1) is 21.1. The van der Waals surface area contributed by atoms with Crippen molar-refractivity contribution >= 4 is 40.4 Å². The largest absolute Gasteiger partial charge is 0.372 e. The molecule has 3 aromatic rings. The van der Waals surface area contributed by atoms with Gasteiger partial charge in [0.2, 0.25) is 0 Å². The van der Waals surface area contributed by atoms with Crippen molar-refractivity contribution in [1.82, 2.24) is 0 Å². The van der Waals surface area contributed by atoms with Crippen LogP contribution in [0.2, 0.25) is 10.0 Å². The Morgan fingerprint density at radius 1 is 0.875 bits per heavy atom. The van der Waals surface area contributed by atoms with E-state index in [0.717, 1.165) is 41.1 Å². The smallest absolute Gasteiger partial charge is 0.163 e. The number of aryl methyl sites for hydroxylation is 1. The lowest BCUT2D eigenvalue weighted by atomic mass is 9.78. The summed E-state index contributed by atoms with van der Waals surface area (Å²) in [5.74, 6) is 0.305. The first-order chi connectivity index (χ1) is 15.5. The predicted molar refractivity (Wildman–Crippen MR) is 133 cm³/mol. The van der Waals surface area contributed by atoms with Crippen LogP contribution in [0.15, 0.2) is 78.0 Å². The molecule has 32 heavy (non-hydrogen) atoms. The van der Waals surface area contributed by atoms with Crippen molar-refractivity contribution in [3.63, 3.8) is 0 Å². The van der Waals surface area contributed by atoms with Crippen LogP contribution in [-0.2, 0) is 11.2 Å². The summed E-state index contributed by atoms with van der Waals surface area (Å²) in [6.07, 6.45) is 2.27. The third kappa shape index (κ3) is 3.92. The van der Waals surface area contributed by atoms with Crippen molar-refractivity contribution in [2.75, 3.05) is 10.6 Å². The Morgan fingerprint density at radius 2 is 1.59 bits per heavy atom. The number of fused-ring (bicyclic) bond motifs is 1. The summed E-state index contributed by atoms with van der Waals surface area (Å²) in [6, 6.07) is 22.0. The molecule has 3 aromatic carbocycles. The third-order valence-electron chi connectivity index (χ3n) is 6.45. The van der Waals surface area contributed by atoms with Crippen LogP contribution in [0.4, 0.5) is 11.4 Å². The van der Waals surface area contributed by atoms with Crippen LogP contribution in [0.1, 0.15) is 48.4 Å². The molecule has 0 aromatic heterocycles. The van der Waals surface area contributed by atoms with E-state index in [1.54, 1.807) is 6.07 Å². The maximum Gasteiger partial charge on any atom is 0.163 e. The normalized spacial score (nSPS) is 20.0. The minimum absolute atomic E-state index is 0.152. The van der Waals surface area contributed by atoms with Crippen molar-refractivity contribution in [1.29, 1.82) is 0 Å². The molecule has 2 N–H and O–H groups in total. The second-order valence-corrected chi connectivity index (χ2v) is 9.25. The van der Waals surface area contributed by atoms with Crippen LogP contribution >= 0.6 is 23.2 Å². The lowest BCUT2D eigenvalue weighted by Crippen LogP contribution is -2.26. The Morgan fingerprint density at radius 3 is 2.31 bits per heavy atom. The minimum Gasteiger partial charge on any atom is -0.372 e. The van der Waals surface area contributed by atoms with Crippen molar-refractivity contribution in [2.24, 2.45) is 0 Å². The summed E-state index contributed by atoms with van der Waals surface area (Å²) in [5, 5.41) is 8.14. The molecule has 162 valence electrons. The number of para-hydroxylation sites is 2. The van der Waals surface area contributed by atoms with Gasteiger partial charge in [-0.25, -0.2) is 0 Å². The number of nitrogens with one attached hydrogen (secondary N) is 2. The third-order valence-corrected chi connectivity index (χ3v) is 7.18. The van der Waals surface area contributed by atoms with Gasteiger partial charge in [-0.2, -0.15) is 0 Å². The van der Waals surface area contributed by atoms with Gasteiger partial charge in [-0.05, 0) is 59.7 Å². The Hall–Kier alpha value is -2.75. The fraction of sp³-hybridized carbons (Fsp3) is 0.222. The predicted octanol–water partition coefficient (Wildman–Crippen LogP) is 7.54. The van der Waals surface area contributed by atoms with E-state index in [2.05, 4.69) is 41.8 Å². The quantitative estimate of drug-likeness (QED) is 0.422. The Balaban J connectivity index is 1.59. The molecular formula is C27H24Cl2N2O. The number of carbonyl (C=O) groups is 1. The number of hydrogen-bond acceptors (Lipinski definition) is 3. The second kappa shape index (κ2) is 8.65. The van der Waals surface area contributed by atoms with Crippen molar-refractivity contribution < 1.29 is 4.79 Å². The van der Waals surface area contributed by atoms with Gasteiger partial charge < -0.3 is 10.6 Å². The summed E-state index contributed by atoms with van der Waals surface area (Å²) in [6.45, 7) is 2.15. The first-order valence-corrected chi connectivity index (χ1v) is 11.7. The highest BCUT2D eigenvalue weighted by Crippen LogP contribution is 2.44. The summed E-state index contributed by atoms with van der Waals surface area (Å²) < 4.78 is 0. The number of benzene rings is 3. The highest BCUT2D eigenvalue weighted by Gasteiger charge is 2.36. The lowest BCUT2D eigenvalue weighted by molar-refractivity contribution is -0.116. The van der Waals surface area contributed by atoms with E-state index in [0.29, 0.717) is 16.5 Å². The summed E-state index contributed by atoms with van der Waals surface area (Å²) in [5.41, 5.74) is 7.11. The minimum atomic E-state index is -0.299. The van der Waals surface area contributed by atoms with Crippen LogP contribution < -0.4 is 10.6 Å². The van der Waals surface area contributed by atoms with E-state index in [1.807, 2.05) is 36.4 Å². The Kier molecular flexibility index (Phi) is 5.71. The molecule has 2 atom stereocenters. The number of Topliss-reactive ketones (excluding diaryl/α,β-unsaturated/α-hetero) is 1. The fourth-order valence-electron chi connectivity index (χ4n) is 4.70. The zero-order valence-corrected chi connectivity index (χ0v) is 19.3. The van der Waals surface area contributed by atoms with Gasteiger partial charge in [0.25, 0.3) is 0 Å². The van der Waals surface area contributed by atoms with Crippen LogP contribution in [0.3, 0.4) is 0 Å². The first-order valence-electron chi connectivity index (χ1n) is 11.0. The molecule has 0 saturated heterocycles. The van der Waals surface area contributed by atoms with E-state index >= 15 is 0 Å². The highest BCUT2D eigenvalue weighted by atomic mass is 35.5. The van der Waals surface area contributed by atoms with E-state index in [1.165, 1.54) is 11.1 Å². The van der Waals surface area contributed by atoms with Crippen LogP contribution in [-0.4, -0.2) is 5.78 Å². The molecule has 2 unspecified atom stereocenters. The molecule has 5 rings (SSSR count). The van der Waals surface area contributed by atoms with Crippen LogP contribution in [0.25, 0.3) is 0 Å². The van der Waals surface area contributed by atoms with Gasteiger partial charge >= 0.3 is 0 Å². The van der Waals surface area contributed by atoms with E-state index in [4.69, 9.17) is 23.2 Å². The number of anilines is 2. The fourth-order valence-corrected chi connectivity index (χ4v) is 5.00. The molecule has 3 nitrogen and oxygen atoms in total. The summed E-state index contributed by atoms with van der Waals surface area (Å²) >= 11 is 12.5. The van der Waals surface area contributed by atoms with E-state index in [9.17, 15) is 4.79 Å². The molecule has 0 spiro atoms. The summed E-state index contributed by atoms with van der Waals surface area (Å²) in [7, 11) is 0. The number of ketones is 1. The van der Waals surface area contributed by atoms with Gasteiger partial charge in [0, 0.05) is 17.7 Å². The molecule has 1 heterocycles. The standard InChI is InChI=1S/C27H24Cl2N2O/c1-2-16-7-9-17(10-8-16)19-14-24-26(25(32)15-19)27(18-11-12-20(28)21(29)13-18)31-23-6-4-3-5-22(23)30-24/h3-13,19,27,30-31H,2,14-15H2,1H3. The molecule has 2 aliphatic rings. The lowest BCUT2D eigenvalue weighted by Gasteiger charge is -2.30. The molecular weight excluding hydrogens is 439 g/mol. The topological polar surface area (TPSA) is 41.1 Å². The molecule has 0 saturated carbocycles. The molecule has 0 radical (unpaired) electrons. The SMILES string of the molecule is CCc1ccc(C2CC(=O)C3=C(C2)Nc2ccccc2NC3c2ccc(Cl)c(Cl)c2)cc1. The van der Waals surface area contributed by atoms with Crippen molar-refractivity contribution in [2.45, 2.75) is 38.1 Å². The molecule has 1 aliphatic heterocycles. The van der Waals surface area contributed by atoms with Gasteiger partial charge in [-0.1, -0.05) is 72.6 Å².